The Morgan fingerprint density at radius 2 is 2.62 bits per heavy atom. The summed E-state index contributed by atoms with van der Waals surface area (Å²) in [5.41, 5.74) is 0.562. The van der Waals surface area contributed by atoms with Gasteiger partial charge in [-0.1, -0.05) is 0 Å². The highest BCUT2D eigenvalue weighted by molar-refractivity contribution is 6.99. The first kappa shape index (κ1) is 9.59. The minimum atomic E-state index is -1.08. The van der Waals surface area contributed by atoms with Crippen LogP contribution in [-0.2, 0) is 16.0 Å². The minimum absolute atomic E-state index is 0.157. The Morgan fingerprint density at radius 3 is 3.08 bits per heavy atom. The van der Waals surface area contributed by atoms with Crippen LogP contribution in [0.3, 0.4) is 0 Å². The van der Waals surface area contributed by atoms with Gasteiger partial charge in [0.15, 0.2) is 0 Å². The summed E-state index contributed by atoms with van der Waals surface area (Å²) in [5, 5.41) is 10.8. The highest BCUT2D eigenvalue weighted by Crippen LogP contribution is 2.00. The van der Waals surface area contributed by atoms with Crippen LogP contribution in [0.2, 0.25) is 0 Å². The summed E-state index contributed by atoms with van der Waals surface area (Å²) in [7, 11) is 0. The molecule has 1 amide bonds. The van der Waals surface area contributed by atoms with Crippen molar-refractivity contribution in [1.29, 1.82) is 0 Å². The molecule has 7 heteroatoms. The fraction of sp³-hybridized carbons (Fsp3) is 0.333. The molecule has 0 aliphatic heterocycles. The van der Waals surface area contributed by atoms with E-state index in [0.29, 0.717) is 12.1 Å². The molecule has 1 aromatic rings. The van der Waals surface area contributed by atoms with Crippen molar-refractivity contribution in [2.45, 2.75) is 12.5 Å². The molecule has 1 rings (SSSR count). The number of hydrogen-bond donors (Lipinski definition) is 2. The van der Waals surface area contributed by atoms with Gasteiger partial charge < -0.3 is 10.4 Å². The molecule has 1 unspecified atom stereocenters. The number of amides is 1. The first-order valence-electron chi connectivity index (χ1n) is 3.43. The van der Waals surface area contributed by atoms with Gasteiger partial charge in [-0.05, 0) is 0 Å². The van der Waals surface area contributed by atoms with Gasteiger partial charge in [0.25, 0.3) is 0 Å². The molecule has 2 N–H and O–H groups in total. The third kappa shape index (κ3) is 2.79. The van der Waals surface area contributed by atoms with E-state index in [1.165, 1.54) is 6.20 Å². The molecule has 0 aliphatic rings. The van der Waals surface area contributed by atoms with E-state index >= 15 is 0 Å². The molecule has 0 aromatic carbocycles. The lowest BCUT2D eigenvalue weighted by Gasteiger charge is -2.07. The standard InChI is InChI=1S/C6H7N3O3S/c10-3-7-5(6(11)12)1-4-2-8-13-9-4/h2-3,5H,1H2,(H,7,10)(H,11,12). The molecular weight excluding hydrogens is 194 g/mol. The summed E-state index contributed by atoms with van der Waals surface area (Å²) in [4.78, 5) is 20.6. The van der Waals surface area contributed by atoms with Gasteiger partial charge in [-0.25, -0.2) is 4.79 Å². The molecule has 13 heavy (non-hydrogen) atoms. The lowest BCUT2D eigenvalue weighted by atomic mass is 10.2. The fourth-order valence-electron chi connectivity index (χ4n) is 0.783. The minimum Gasteiger partial charge on any atom is -0.480 e. The summed E-state index contributed by atoms with van der Waals surface area (Å²) in [6.45, 7) is 0. The maximum Gasteiger partial charge on any atom is 0.326 e. The van der Waals surface area contributed by atoms with Crippen LogP contribution in [0.15, 0.2) is 6.20 Å². The summed E-state index contributed by atoms with van der Waals surface area (Å²) < 4.78 is 7.55. The van der Waals surface area contributed by atoms with E-state index in [2.05, 4.69) is 14.1 Å². The van der Waals surface area contributed by atoms with Crippen LogP contribution in [-0.4, -0.2) is 32.3 Å². The zero-order valence-corrected chi connectivity index (χ0v) is 7.32. The molecule has 0 saturated heterocycles. The van der Waals surface area contributed by atoms with E-state index in [0.717, 1.165) is 11.7 Å². The van der Waals surface area contributed by atoms with Gasteiger partial charge in [-0.2, -0.15) is 8.75 Å². The van der Waals surface area contributed by atoms with Crippen molar-refractivity contribution in [3.8, 4) is 0 Å². The second kappa shape index (κ2) is 4.51. The number of hydrogen-bond acceptors (Lipinski definition) is 5. The molecule has 0 spiro atoms. The van der Waals surface area contributed by atoms with Gasteiger partial charge in [-0.15, -0.1) is 0 Å². The van der Waals surface area contributed by atoms with Crippen molar-refractivity contribution in [3.63, 3.8) is 0 Å². The Bertz CT molecular complexity index is 287. The molecule has 1 heterocycles. The van der Waals surface area contributed by atoms with Crippen LogP contribution < -0.4 is 5.32 Å². The smallest absolute Gasteiger partial charge is 0.326 e. The number of carboxylic acid groups (broad SMARTS) is 1. The van der Waals surface area contributed by atoms with Crippen molar-refractivity contribution in [3.05, 3.63) is 11.9 Å². The first-order valence-corrected chi connectivity index (χ1v) is 4.16. The van der Waals surface area contributed by atoms with Crippen LogP contribution in [0.25, 0.3) is 0 Å². The Labute approximate surface area is 77.9 Å². The fourth-order valence-corrected chi connectivity index (χ4v) is 1.23. The molecule has 0 radical (unpaired) electrons. The number of nitrogens with one attached hydrogen (secondary N) is 1. The van der Waals surface area contributed by atoms with Crippen molar-refractivity contribution in [1.82, 2.24) is 14.1 Å². The Balaban J connectivity index is 2.57. The number of carbonyl (C=O) groups is 2. The van der Waals surface area contributed by atoms with Crippen LogP contribution in [0.1, 0.15) is 5.69 Å². The van der Waals surface area contributed by atoms with E-state index < -0.39 is 12.0 Å². The second-order valence-electron chi connectivity index (χ2n) is 2.28. The Hall–Kier alpha value is -1.50. The molecule has 0 aliphatic carbocycles. The molecule has 0 saturated carbocycles. The summed E-state index contributed by atoms with van der Waals surface area (Å²) in [5.74, 6) is -1.08. The average Bonchev–Trinajstić information content (AvgIpc) is 2.56. The van der Waals surface area contributed by atoms with Gasteiger partial charge in [0.05, 0.1) is 23.6 Å². The Kier molecular flexibility index (Phi) is 3.32. The zero-order chi connectivity index (χ0) is 9.68. The lowest BCUT2D eigenvalue weighted by molar-refractivity contribution is -0.140. The van der Waals surface area contributed by atoms with Crippen LogP contribution in [0, 0.1) is 0 Å². The van der Waals surface area contributed by atoms with Gasteiger partial charge in [-0.3, -0.25) is 4.79 Å². The molecule has 0 fully saturated rings. The number of aromatic nitrogens is 2. The number of nitrogens with zero attached hydrogens (tertiary/aromatic N) is 2. The maximum absolute atomic E-state index is 10.5. The quantitative estimate of drug-likeness (QED) is 0.613. The Morgan fingerprint density at radius 1 is 1.85 bits per heavy atom. The predicted molar refractivity (Wildman–Crippen MR) is 44.2 cm³/mol. The highest BCUT2D eigenvalue weighted by Gasteiger charge is 2.17. The van der Waals surface area contributed by atoms with Crippen molar-refractivity contribution >= 4 is 24.1 Å². The van der Waals surface area contributed by atoms with E-state index in [1.807, 2.05) is 0 Å². The zero-order valence-electron chi connectivity index (χ0n) is 6.51. The van der Waals surface area contributed by atoms with E-state index in [-0.39, 0.29) is 6.42 Å². The van der Waals surface area contributed by atoms with Gasteiger partial charge >= 0.3 is 5.97 Å². The number of carboxylic acids is 1. The topological polar surface area (TPSA) is 92.2 Å². The SMILES string of the molecule is O=CNC(Cc1cnsn1)C(=O)O. The monoisotopic (exact) mass is 201 g/mol. The number of aliphatic carboxylic acids is 1. The van der Waals surface area contributed by atoms with Gasteiger partial charge in [0.1, 0.15) is 6.04 Å². The molecule has 70 valence electrons. The van der Waals surface area contributed by atoms with Crippen molar-refractivity contribution in [2.75, 3.05) is 0 Å². The highest BCUT2D eigenvalue weighted by atomic mass is 32.1. The van der Waals surface area contributed by atoms with Crippen LogP contribution in [0.5, 0.6) is 0 Å². The van der Waals surface area contributed by atoms with Crippen molar-refractivity contribution in [2.24, 2.45) is 0 Å². The van der Waals surface area contributed by atoms with Crippen molar-refractivity contribution < 1.29 is 14.7 Å². The van der Waals surface area contributed by atoms with Crippen LogP contribution in [0.4, 0.5) is 0 Å². The van der Waals surface area contributed by atoms with Gasteiger partial charge in [0.2, 0.25) is 6.41 Å². The first-order chi connectivity index (χ1) is 6.24. The lowest BCUT2D eigenvalue weighted by Crippen LogP contribution is -2.37. The second-order valence-corrected chi connectivity index (χ2v) is 2.83. The third-order valence-corrected chi connectivity index (χ3v) is 1.90. The van der Waals surface area contributed by atoms with E-state index in [4.69, 9.17) is 5.11 Å². The van der Waals surface area contributed by atoms with E-state index in [9.17, 15) is 9.59 Å². The summed E-state index contributed by atoms with van der Waals surface area (Å²) in [6.07, 6.45) is 2.00. The van der Waals surface area contributed by atoms with E-state index in [1.54, 1.807) is 0 Å². The molecule has 6 nitrogen and oxygen atoms in total. The molecule has 1 aromatic heterocycles. The average molecular weight is 201 g/mol. The number of carbonyl (C=O) groups excluding carboxylic acids is 1. The summed E-state index contributed by atoms with van der Waals surface area (Å²) >= 11 is 1.00. The van der Waals surface area contributed by atoms with Gasteiger partial charge in [0, 0.05) is 6.42 Å². The third-order valence-electron chi connectivity index (χ3n) is 1.39. The van der Waals surface area contributed by atoms with Crippen LogP contribution >= 0.6 is 11.7 Å². The number of rotatable bonds is 5. The molecular formula is C6H7N3O3S. The largest absolute Gasteiger partial charge is 0.480 e. The molecule has 0 bridgehead atoms. The normalized spacial score (nSPS) is 12.0. The summed E-state index contributed by atoms with van der Waals surface area (Å²) in [6, 6.07) is -0.929. The maximum atomic E-state index is 10.5. The molecule has 1 atom stereocenters. The predicted octanol–water partition coefficient (Wildman–Crippen LogP) is -0.720.